The summed E-state index contributed by atoms with van der Waals surface area (Å²) in [6.45, 7) is 8.80. The van der Waals surface area contributed by atoms with E-state index < -0.39 is 0 Å². The molecule has 1 fully saturated rings. The molecule has 2 nitrogen and oxygen atoms in total. The number of nitrogens with two attached hydrogens (primary N) is 1. The quantitative estimate of drug-likeness (QED) is 0.785. The van der Waals surface area contributed by atoms with Gasteiger partial charge in [0.15, 0.2) is 0 Å². The average molecular weight is 218 g/mol. The molecule has 0 aromatic heterocycles. The van der Waals surface area contributed by atoms with Crippen molar-refractivity contribution in [2.24, 2.45) is 11.1 Å². The maximum atomic E-state index is 6.16. The number of anilines is 1. The first kappa shape index (κ1) is 11.5. The summed E-state index contributed by atoms with van der Waals surface area (Å²) < 4.78 is 0. The highest BCUT2D eigenvalue weighted by Crippen LogP contribution is 2.31. The summed E-state index contributed by atoms with van der Waals surface area (Å²) in [6, 6.07) is 9.05. The Morgan fingerprint density at radius 2 is 2.12 bits per heavy atom. The molecule has 1 atom stereocenters. The van der Waals surface area contributed by atoms with Gasteiger partial charge in [-0.2, -0.15) is 0 Å². The highest BCUT2D eigenvalue weighted by Gasteiger charge is 2.33. The second-order valence-corrected chi connectivity index (χ2v) is 5.64. The fraction of sp³-hybridized carbons (Fsp3) is 0.571. The summed E-state index contributed by atoms with van der Waals surface area (Å²) in [4.78, 5) is 2.45. The zero-order valence-electron chi connectivity index (χ0n) is 10.5. The van der Waals surface area contributed by atoms with Crippen LogP contribution >= 0.6 is 0 Å². The maximum Gasteiger partial charge on any atom is 0.0369 e. The zero-order valence-corrected chi connectivity index (χ0v) is 10.5. The predicted molar refractivity (Wildman–Crippen MR) is 69.8 cm³/mol. The molecule has 1 aromatic carbocycles. The fourth-order valence-electron chi connectivity index (χ4n) is 2.42. The van der Waals surface area contributed by atoms with Crippen molar-refractivity contribution >= 4 is 5.69 Å². The third-order valence-corrected chi connectivity index (χ3v) is 3.68. The minimum absolute atomic E-state index is 0.210. The molecule has 0 radical (unpaired) electrons. The van der Waals surface area contributed by atoms with Gasteiger partial charge in [0.05, 0.1) is 0 Å². The molecule has 1 unspecified atom stereocenters. The van der Waals surface area contributed by atoms with Gasteiger partial charge in [-0.25, -0.2) is 0 Å². The maximum absolute atomic E-state index is 6.16. The Morgan fingerprint density at radius 1 is 1.38 bits per heavy atom. The van der Waals surface area contributed by atoms with Crippen LogP contribution in [0.2, 0.25) is 0 Å². The number of hydrogen-bond donors (Lipinski definition) is 1. The Morgan fingerprint density at radius 3 is 2.75 bits per heavy atom. The van der Waals surface area contributed by atoms with Crippen molar-refractivity contribution in [1.29, 1.82) is 0 Å². The molecule has 0 bridgehead atoms. The molecule has 1 aromatic rings. The first-order valence-electron chi connectivity index (χ1n) is 6.06. The van der Waals surface area contributed by atoms with E-state index in [-0.39, 0.29) is 5.41 Å². The van der Waals surface area contributed by atoms with Gasteiger partial charge in [0.2, 0.25) is 0 Å². The predicted octanol–water partition coefficient (Wildman–Crippen LogP) is 2.56. The molecule has 1 aliphatic rings. The van der Waals surface area contributed by atoms with Crippen LogP contribution in [0.15, 0.2) is 24.3 Å². The van der Waals surface area contributed by atoms with Gasteiger partial charge in [0.25, 0.3) is 0 Å². The monoisotopic (exact) mass is 218 g/mol. The smallest absolute Gasteiger partial charge is 0.0369 e. The molecular formula is C14H22N2. The first-order chi connectivity index (χ1) is 7.49. The van der Waals surface area contributed by atoms with Gasteiger partial charge in [-0.15, -0.1) is 0 Å². The van der Waals surface area contributed by atoms with Crippen molar-refractivity contribution in [3.05, 3.63) is 29.8 Å². The van der Waals surface area contributed by atoms with Gasteiger partial charge in [-0.05, 0) is 36.5 Å². The largest absolute Gasteiger partial charge is 0.371 e. The summed E-state index contributed by atoms with van der Waals surface area (Å²) in [5.41, 5.74) is 9.02. The fourth-order valence-corrected chi connectivity index (χ4v) is 2.42. The Balaban J connectivity index is 2.18. The Kier molecular flexibility index (Phi) is 2.94. The molecule has 0 aliphatic carbocycles. The average Bonchev–Trinajstić information content (AvgIpc) is 2.22. The molecule has 1 saturated heterocycles. The Labute approximate surface area is 98.4 Å². The van der Waals surface area contributed by atoms with Gasteiger partial charge in [0.1, 0.15) is 0 Å². The minimum Gasteiger partial charge on any atom is -0.371 e. The van der Waals surface area contributed by atoms with Crippen molar-refractivity contribution in [1.82, 2.24) is 0 Å². The molecule has 2 rings (SSSR count). The van der Waals surface area contributed by atoms with Gasteiger partial charge in [-0.3, -0.25) is 0 Å². The normalized spacial score (nSPS) is 24.5. The lowest BCUT2D eigenvalue weighted by Gasteiger charge is -2.43. The lowest BCUT2D eigenvalue weighted by molar-refractivity contribution is 0.245. The van der Waals surface area contributed by atoms with Crippen molar-refractivity contribution in [2.45, 2.75) is 33.2 Å². The SMILES string of the molecule is Cc1cccc(N2CCC(N)C(C)(C)C2)c1. The number of piperidine rings is 1. The van der Waals surface area contributed by atoms with Crippen LogP contribution in [0, 0.1) is 12.3 Å². The summed E-state index contributed by atoms with van der Waals surface area (Å²) in [6.07, 6.45) is 1.08. The van der Waals surface area contributed by atoms with Crippen molar-refractivity contribution in [2.75, 3.05) is 18.0 Å². The second kappa shape index (κ2) is 4.10. The highest BCUT2D eigenvalue weighted by atomic mass is 15.2. The first-order valence-corrected chi connectivity index (χ1v) is 6.06. The number of hydrogen-bond acceptors (Lipinski definition) is 2. The van der Waals surface area contributed by atoms with E-state index in [1.165, 1.54) is 11.3 Å². The summed E-state index contributed by atoms with van der Waals surface area (Å²) >= 11 is 0. The third-order valence-electron chi connectivity index (χ3n) is 3.68. The van der Waals surface area contributed by atoms with E-state index in [4.69, 9.17) is 5.73 Å². The number of aryl methyl sites for hydroxylation is 1. The van der Waals surface area contributed by atoms with E-state index in [1.807, 2.05) is 0 Å². The van der Waals surface area contributed by atoms with E-state index in [0.29, 0.717) is 6.04 Å². The molecule has 16 heavy (non-hydrogen) atoms. The van der Waals surface area contributed by atoms with Crippen LogP contribution in [0.1, 0.15) is 25.8 Å². The van der Waals surface area contributed by atoms with Crippen molar-refractivity contribution < 1.29 is 0 Å². The summed E-state index contributed by atoms with van der Waals surface area (Å²) in [7, 11) is 0. The Bertz CT molecular complexity index is 371. The lowest BCUT2D eigenvalue weighted by Crippen LogP contribution is -2.52. The molecule has 1 aliphatic heterocycles. The number of nitrogens with zero attached hydrogens (tertiary/aromatic N) is 1. The van der Waals surface area contributed by atoms with Crippen LogP contribution in [0.3, 0.4) is 0 Å². The van der Waals surface area contributed by atoms with Gasteiger partial charge in [0, 0.05) is 24.8 Å². The molecule has 2 heteroatoms. The van der Waals surface area contributed by atoms with E-state index in [1.54, 1.807) is 0 Å². The standard InChI is InChI=1S/C14H22N2/c1-11-5-4-6-12(9-11)16-8-7-13(15)14(2,3)10-16/h4-6,9,13H,7-8,10,15H2,1-3H3. The van der Waals surface area contributed by atoms with Crippen molar-refractivity contribution in [3.8, 4) is 0 Å². The molecule has 1 heterocycles. The molecule has 0 amide bonds. The van der Waals surface area contributed by atoms with E-state index in [9.17, 15) is 0 Å². The number of rotatable bonds is 1. The number of benzene rings is 1. The van der Waals surface area contributed by atoms with Crippen LogP contribution in [0.4, 0.5) is 5.69 Å². The second-order valence-electron chi connectivity index (χ2n) is 5.64. The lowest BCUT2D eigenvalue weighted by atomic mass is 9.79. The molecular weight excluding hydrogens is 196 g/mol. The zero-order chi connectivity index (χ0) is 11.8. The van der Waals surface area contributed by atoms with E-state index >= 15 is 0 Å². The summed E-state index contributed by atoms with van der Waals surface area (Å²) in [5, 5.41) is 0. The Hall–Kier alpha value is -1.02. The van der Waals surface area contributed by atoms with E-state index in [0.717, 1.165) is 19.5 Å². The molecule has 0 spiro atoms. The molecule has 0 saturated carbocycles. The minimum atomic E-state index is 0.210. The molecule has 88 valence electrons. The van der Waals surface area contributed by atoms with Crippen LogP contribution in [0.25, 0.3) is 0 Å². The van der Waals surface area contributed by atoms with E-state index in [2.05, 4.69) is 49.9 Å². The van der Waals surface area contributed by atoms with Crippen LogP contribution in [-0.2, 0) is 0 Å². The van der Waals surface area contributed by atoms with Crippen LogP contribution < -0.4 is 10.6 Å². The van der Waals surface area contributed by atoms with Crippen LogP contribution in [0.5, 0.6) is 0 Å². The van der Waals surface area contributed by atoms with Gasteiger partial charge < -0.3 is 10.6 Å². The van der Waals surface area contributed by atoms with Gasteiger partial charge >= 0.3 is 0 Å². The third kappa shape index (κ3) is 2.22. The summed E-state index contributed by atoms with van der Waals surface area (Å²) in [5.74, 6) is 0. The van der Waals surface area contributed by atoms with Gasteiger partial charge in [-0.1, -0.05) is 26.0 Å². The molecule has 2 N–H and O–H groups in total. The highest BCUT2D eigenvalue weighted by molar-refractivity contribution is 5.49. The van der Waals surface area contributed by atoms with Crippen LogP contribution in [-0.4, -0.2) is 19.1 Å². The topological polar surface area (TPSA) is 29.3 Å². The van der Waals surface area contributed by atoms with Crippen molar-refractivity contribution in [3.63, 3.8) is 0 Å².